The van der Waals surface area contributed by atoms with Crippen LogP contribution in [0.15, 0.2) is 48.8 Å². The SMILES string of the molecule is CCc1cccc(NC(=O)CCC(=O)NCc2cn3cc(C)ccc3n2)c1. The first kappa shape index (κ1) is 18.6. The molecule has 0 fully saturated rings. The van der Waals surface area contributed by atoms with Crippen LogP contribution in [0.2, 0.25) is 0 Å². The molecule has 0 aliphatic heterocycles. The minimum atomic E-state index is -0.166. The van der Waals surface area contributed by atoms with Gasteiger partial charge in [0.2, 0.25) is 11.8 Å². The third kappa shape index (κ3) is 5.17. The number of pyridine rings is 1. The van der Waals surface area contributed by atoms with Gasteiger partial charge in [-0.15, -0.1) is 0 Å². The third-order valence-electron chi connectivity index (χ3n) is 4.31. The van der Waals surface area contributed by atoms with Crippen molar-refractivity contribution >= 4 is 23.1 Å². The van der Waals surface area contributed by atoms with E-state index in [9.17, 15) is 9.59 Å². The van der Waals surface area contributed by atoms with E-state index in [-0.39, 0.29) is 24.7 Å². The maximum absolute atomic E-state index is 12.0. The molecule has 0 bridgehead atoms. The fourth-order valence-electron chi connectivity index (χ4n) is 2.84. The second-order valence-corrected chi connectivity index (χ2v) is 6.58. The molecule has 0 spiro atoms. The number of imidazole rings is 1. The number of carbonyl (C=O) groups is 2. The molecular weight excluding hydrogens is 340 g/mol. The molecule has 6 heteroatoms. The van der Waals surface area contributed by atoms with Gasteiger partial charge in [0, 0.05) is 30.9 Å². The number of nitrogens with one attached hydrogen (secondary N) is 2. The zero-order valence-electron chi connectivity index (χ0n) is 15.7. The highest BCUT2D eigenvalue weighted by Gasteiger charge is 2.09. The number of anilines is 1. The lowest BCUT2D eigenvalue weighted by Crippen LogP contribution is -2.24. The predicted molar refractivity (Wildman–Crippen MR) is 105 cm³/mol. The molecule has 6 nitrogen and oxygen atoms in total. The molecular formula is C21H24N4O2. The van der Waals surface area contributed by atoms with E-state index in [0.717, 1.165) is 34.6 Å². The number of aromatic nitrogens is 2. The van der Waals surface area contributed by atoms with Gasteiger partial charge in [-0.1, -0.05) is 25.1 Å². The second-order valence-electron chi connectivity index (χ2n) is 6.58. The van der Waals surface area contributed by atoms with Crippen LogP contribution in [0.3, 0.4) is 0 Å². The molecule has 2 N–H and O–H groups in total. The van der Waals surface area contributed by atoms with Gasteiger partial charge in [-0.05, 0) is 42.7 Å². The van der Waals surface area contributed by atoms with E-state index in [1.807, 2.05) is 60.1 Å². The summed E-state index contributed by atoms with van der Waals surface area (Å²) >= 11 is 0. The van der Waals surface area contributed by atoms with Gasteiger partial charge in [0.05, 0.1) is 12.2 Å². The molecule has 0 unspecified atom stereocenters. The number of rotatable bonds is 7. The third-order valence-corrected chi connectivity index (χ3v) is 4.31. The summed E-state index contributed by atoms with van der Waals surface area (Å²) in [6.45, 7) is 4.43. The molecule has 2 aromatic heterocycles. The lowest BCUT2D eigenvalue weighted by Gasteiger charge is -2.07. The quantitative estimate of drug-likeness (QED) is 0.676. The Morgan fingerprint density at radius 2 is 1.89 bits per heavy atom. The van der Waals surface area contributed by atoms with Gasteiger partial charge in [-0.25, -0.2) is 4.98 Å². The summed E-state index contributed by atoms with van der Waals surface area (Å²) in [5, 5.41) is 5.65. The number of amides is 2. The average Bonchev–Trinajstić information content (AvgIpc) is 3.07. The largest absolute Gasteiger partial charge is 0.350 e. The minimum Gasteiger partial charge on any atom is -0.350 e. The summed E-state index contributed by atoms with van der Waals surface area (Å²) < 4.78 is 1.94. The van der Waals surface area contributed by atoms with Crippen LogP contribution in [-0.4, -0.2) is 21.2 Å². The Hall–Kier alpha value is -3.15. The van der Waals surface area contributed by atoms with Gasteiger partial charge in [0.15, 0.2) is 0 Å². The van der Waals surface area contributed by atoms with Crippen molar-refractivity contribution in [1.82, 2.24) is 14.7 Å². The van der Waals surface area contributed by atoms with Crippen LogP contribution < -0.4 is 10.6 Å². The topological polar surface area (TPSA) is 75.5 Å². The summed E-state index contributed by atoms with van der Waals surface area (Å²) in [4.78, 5) is 28.5. The fraction of sp³-hybridized carbons (Fsp3) is 0.286. The van der Waals surface area contributed by atoms with Crippen LogP contribution in [0.5, 0.6) is 0 Å². The average molecular weight is 364 g/mol. The Kier molecular flexibility index (Phi) is 5.86. The van der Waals surface area contributed by atoms with Gasteiger partial charge in [-0.3, -0.25) is 9.59 Å². The van der Waals surface area contributed by atoms with E-state index in [1.165, 1.54) is 0 Å². The van der Waals surface area contributed by atoms with Crippen molar-refractivity contribution in [2.45, 2.75) is 39.7 Å². The molecule has 140 valence electrons. The Labute approximate surface area is 158 Å². The Balaban J connectivity index is 1.45. The van der Waals surface area contributed by atoms with Crippen molar-refractivity contribution in [2.24, 2.45) is 0 Å². The monoisotopic (exact) mass is 364 g/mol. The van der Waals surface area contributed by atoms with Crippen molar-refractivity contribution in [3.8, 4) is 0 Å². The molecule has 2 heterocycles. The summed E-state index contributed by atoms with van der Waals surface area (Å²) in [6, 6.07) is 11.7. The maximum atomic E-state index is 12.0. The Morgan fingerprint density at radius 3 is 2.70 bits per heavy atom. The summed E-state index contributed by atoms with van der Waals surface area (Å²) in [7, 11) is 0. The molecule has 27 heavy (non-hydrogen) atoms. The summed E-state index contributed by atoms with van der Waals surface area (Å²) in [5.41, 5.74) is 4.70. The van der Waals surface area contributed by atoms with Crippen LogP contribution in [0, 0.1) is 6.92 Å². The zero-order valence-corrected chi connectivity index (χ0v) is 15.7. The van der Waals surface area contributed by atoms with E-state index in [1.54, 1.807) is 0 Å². The normalized spacial score (nSPS) is 10.7. The number of carbonyl (C=O) groups excluding carboxylic acids is 2. The summed E-state index contributed by atoms with van der Waals surface area (Å²) in [5.74, 6) is -0.331. The van der Waals surface area contributed by atoms with Crippen molar-refractivity contribution in [2.75, 3.05) is 5.32 Å². The fourth-order valence-corrected chi connectivity index (χ4v) is 2.84. The Morgan fingerprint density at radius 1 is 1.07 bits per heavy atom. The number of hydrogen-bond donors (Lipinski definition) is 2. The highest BCUT2D eigenvalue weighted by molar-refractivity contribution is 5.93. The van der Waals surface area contributed by atoms with Gasteiger partial charge in [-0.2, -0.15) is 0 Å². The number of hydrogen-bond acceptors (Lipinski definition) is 3. The van der Waals surface area contributed by atoms with Gasteiger partial charge < -0.3 is 15.0 Å². The molecule has 0 aliphatic rings. The molecule has 1 aromatic carbocycles. The van der Waals surface area contributed by atoms with Crippen molar-refractivity contribution in [3.05, 3.63) is 65.6 Å². The second kappa shape index (κ2) is 8.49. The number of nitrogens with zero attached hydrogens (tertiary/aromatic N) is 2. The zero-order chi connectivity index (χ0) is 19.2. The van der Waals surface area contributed by atoms with Crippen LogP contribution in [-0.2, 0) is 22.6 Å². The van der Waals surface area contributed by atoms with Gasteiger partial charge in [0.25, 0.3) is 0 Å². The highest BCUT2D eigenvalue weighted by Crippen LogP contribution is 2.12. The van der Waals surface area contributed by atoms with Crippen LogP contribution in [0.4, 0.5) is 5.69 Å². The number of benzene rings is 1. The van der Waals surface area contributed by atoms with E-state index in [4.69, 9.17) is 0 Å². The molecule has 0 atom stereocenters. The standard InChI is InChI=1S/C21H24N4O2/c1-3-16-5-4-6-17(11-16)24-21(27)10-9-20(26)22-12-18-14-25-13-15(2)7-8-19(25)23-18/h4-8,11,13-14H,3,9-10,12H2,1-2H3,(H,22,26)(H,24,27). The molecule has 0 aliphatic carbocycles. The van der Waals surface area contributed by atoms with E-state index in [2.05, 4.69) is 22.5 Å². The van der Waals surface area contributed by atoms with Crippen LogP contribution in [0.25, 0.3) is 5.65 Å². The van der Waals surface area contributed by atoms with Crippen LogP contribution >= 0.6 is 0 Å². The summed E-state index contributed by atoms with van der Waals surface area (Å²) in [6.07, 6.45) is 5.09. The van der Waals surface area contributed by atoms with Crippen LogP contribution in [0.1, 0.15) is 36.6 Å². The molecule has 3 aromatic rings. The maximum Gasteiger partial charge on any atom is 0.224 e. The van der Waals surface area contributed by atoms with Crippen molar-refractivity contribution in [1.29, 1.82) is 0 Å². The first-order chi connectivity index (χ1) is 13.0. The van der Waals surface area contributed by atoms with E-state index >= 15 is 0 Å². The first-order valence-electron chi connectivity index (χ1n) is 9.13. The van der Waals surface area contributed by atoms with E-state index in [0.29, 0.717) is 6.54 Å². The Bertz CT molecular complexity index is 962. The van der Waals surface area contributed by atoms with Gasteiger partial charge >= 0.3 is 0 Å². The molecule has 0 radical (unpaired) electrons. The van der Waals surface area contributed by atoms with Gasteiger partial charge in [0.1, 0.15) is 5.65 Å². The molecule has 0 saturated heterocycles. The minimum absolute atomic E-state index is 0.145. The molecule has 2 amide bonds. The lowest BCUT2D eigenvalue weighted by atomic mass is 10.1. The first-order valence-corrected chi connectivity index (χ1v) is 9.13. The highest BCUT2D eigenvalue weighted by atomic mass is 16.2. The number of fused-ring (bicyclic) bond motifs is 1. The smallest absolute Gasteiger partial charge is 0.224 e. The van der Waals surface area contributed by atoms with E-state index < -0.39 is 0 Å². The lowest BCUT2D eigenvalue weighted by molar-refractivity contribution is -0.124. The van der Waals surface area contributed by atoms with Crippen molar-refractivity contribution < 1.29 is 9.59 Å². The molecule has 3 rings (SSSR count). The number of aryl methyl sites for hydroxylation is 2. The predicted octanol–water partition coefficient (Wildman–Crippen LogP) is 3.24. The van der Waals surface area contributed by atoms with Crippen molar-refractivity contribution in [3.63, 3.8) is 0 Å². The molecule has 0 saturated carbocycles.